The second-order valence-corrected chi connectivity index (χ2v) is 7.22. The first-order valence-electron chi connectivity index (χ1n) is 9.30. The molecule has 0 saturated heterocycles. The Labute approximate surface area is 161 Å². The molecule has 0 aromatic heterocycles. The van der Waals surface area contributed by atoms with Crippen molar-refractivity contribution >= 4 is 17.5 Å². The molecule has 0 atom stereocenters. The normalized spacial score (nSPS) is 10.7. The van der Waals surface area contributed by atoms with Gasteiger partial charge >= 0.3 is 0 Å². The van der Waals surface area contributed by atoms with E-state index in [0.29, 0.717) is 29.3 Å². The van der Waals surface area contributed by atoms with Crippen LogP contribution in [0.3, 0.4) is 0 Å². The highest BCUT2D eigenvalue weighted by atomic mass is 16.5. The Morgan fingerprint density at radius 3 is 2.26 bits per heavy atom. The van der Waals surface area contributed by atoms with Crippen molar-refractivity contribution in [2.45, 2.75) is 40.2 Å². The van der Waals surface area contributed by atoms with Gasteiger partial charge < -0.3 is 15.4 Å². The molecular formula is C22H28N2O3. The third-order valence-electron chi connectivity index (χ3n) is 3.88. The predicted molar refractivity (Wildman–Crippen MR) is 108 cm³/mol. The van der Waals surface area contributed by atoms with E-state index in [4.69, 9.17) is 4.74 Å². The molecule has 2 aromatic carbocycles. The van der Waals surface area contributed by atoms with Gasteiger partial charge in [-0.05, 0) is 68.7 Å². The average molecular weight is 368 g/mol. The average Bonchev–Trinajstić information content (AvgIpc) is 2.61. The number of hydrogen-bond acceptors (Lipinski definition) is 3. The van der Waals surface area contributed by atoms with E-state index in [1.165, 1.54) is 0 Å². The maximum atomic E-state index is 12.4. The highest BCUT2D eigenvalue weighted by Gasteiger charge is 2.10. The van der Waals surface area contributed by atoms with Crippen LogP contribution in [-0.4, -0.2) is 24.5 Å². The first kappa shape index (κ1) is 20.5. The van der Waals surface area contributed by atoms with Gasteiger partial charge in [-0.1, -0.05) is 19.9 Å². The lowest BCUT2D eigenvalue weighted by molar-refractivity contribution is 0.0941. The van der Waals surface area contributed by atoms with Crippen molar-refractivity contribution in [2.75, 3.05) is 11.9 Å². The number of hydrogen-bond donors (Lipinski definition) is 2. The Bertz CT molecular complexity index is 767. The number of nitrogens with one attached hydrogen (secondary N) is 2. The summed E-state index contributed by atoms with van der Waals surface area (Å²) in [4.78, 5) is 24.5. The molecule has 0 aliphatic carbocycles. The molecule has 0 heterocycles. The maximum absolute atomic E-state index is 12.4. The van der Waals surface area contributed by atoms with Crippen molar-refractivity contribution in [1.82, 2.24) is 5.32 Å². The Kier molecular flexibility index (Phi) is 7.41. The summed E-state index contributed by atoms with van der Waals surface area (Å²) in [6.07, 6.45) is 0.989. The van der Waals surface area contributed by atoms with E-state index >= 15 is 0 Å². The summed E-state index contributed by atoms with van der Waals surface area (Å²) >= 11 is 0. The second kappa shape index (κ2) is 9.76. The van der Waals surface area contributed by atoms with E-state index in [2.05, 4.69) is 24.5 Å². The summed E-state index contributed by atoms with van der Waals surface area (Å²) in [6, 6.07) is 14.0. The van der Waals surface area contributed by atoms with Gasteiger partial charge in [0.1, 0.15) is 5.75 Å². The van der Waals surface area contributed by atoms with Crippen LogP contribution in [0.1, 0.15) is 54.8 Å². The highest BCUT2D eigenvalue weighted by Crippen LogP contribution is 2.16. The molecular weight excluding hydrogens is 340 g/mol. The van der Waals surface area contributed by atoms with Crippen LogP contribution in [-0.2, 0) is 0 Å². The van der Waals surface area contributed by atoms with Gasteiger partial charge in [0.15, 0.2) is 0 Å². The van der Waals surface area contributed by atoms with Gasteiger partial charge in [0.25, 0.3) is 11.8 Å². The monoisotopic (exact) mass is 368 g/mol. The molecule has 2 rings (SSSR count). The van der Waals surface area contributed by atoms with Gasteiger partial charge in [-0.25, -0.2) is 0 Å². The number of amides is 2. The Hall–Kier alpha value is -2.82. The summed E-state index contributed by atoms with van der Waals surface area (Å²) in [5, 5.41) is 5.66. The minimum Gasteiger partial charge on any atom is -0.494 e. The first-order chi connectivity index (χ1) is 12.8. The predicted octanol–water partition coefficient (Wildman–Crippen LogP) is 4.50. The number of ether oxygens (including phenoxy) is 1. The molecule has 2 amide bonds. The molecule has 5 nitrogen and oxygen atoms in total. The van der Waals surface area contributed by atoms with E-state index in [1.54, 1.807) is 48.5 Å². The Balaban J connectivity index is 1.97. The van der Waals surface area contributed by atoms with E-state index in [0.717, 1.165) is 12.2 Å². The van der Waals surface area contributed by atoms with Crippen LogP contribution in [0.5, 0.6) is 5.75 Å². The number of carbonyl (C=O) groups excluding carboxylic acids is 2. The molecule has 0 aliphatic rings. The van der Waals surface area contributed by atoms with Crippen molar-refractivity contribution in [2.24, 2.45) is 5.92 Å². The van der Waals surface area contributed by atoms with Crippen molar-refractivity contribution < 1.29 is 14.3 Å². The molecule has 0 unspecified atom stereocenters. The molecule has 0 fully saturated rings. The zero-order chi connectivity index (χ0) is 19.8. The van der Waals surface area contributed by atoms with Crippen LogP contribution < -0.4 is 15.4 Å². The lowest BCUT2D eigenvalue weighted by atomic mass is 10.1. The van der Waals surface area contributed by atoms with Gasteiger partial charge in [-0.3, -0.25) is 9.59 Å². The third kappa shape index (κ3) is 6.77. The topological polar surface area (TPSA) is 67.4 Å². The summed E-state index contributed by atoms with van der Waals surface area (Å²) in [6.45, 7) is 8.77. The van der Waals surface area contributed by atoms with Gasteiger partial charge in [0.2, 0.25) is 0 Å². The summed E-state index contributed by atoms with van der Waals surface area (Å²) < 4.78 is 5.67. The van der Waals surface area contributed by atoms with E-state index in [1.807, 2.05) is 13.8 Å². The van der Waals surface area contributed by atoms with Crippen LogP contribution >= 0.6 is 0 Å². The largest absolute Gasteiger partial charge is 0.494 e. The smallest absolute Gasteiger partial charge is 0.255 e. The SMILES string of the molecule is CC(C)CCOc1ccc(C(=O)Nc2cccc(C(=O)NC(C)C)c2)cc1. The van der Waals surface area contributed by atoms with Gasteiger partial charge in [0.05, 0.1) is 6.61 Å². The molecule has 0 radical (unpaired) electrons. The van der Waals surface area contributed by atoms with Crippen LogP contribution in [0.15, 0.2) is 48.5 Å². The molecule has 2 aromatic rings. The number of anilines is 1. The minimum absolute atomic E-state index is 0.0528. The van der Waals surface area contributed by atoms with Crippen LogP contribution in [0.25, 0.3) is 0 Å². The zero-order valence-electron chi connectivity index (χ0n) is 16.4. The maximum Gasteiger partial charge on any atom is 0.255 e. The van der Waals surface area contributed by atoms with Gasteiger partial charge in [-0.15, -0.1) is 0 Å². The quantitative estimate of drug-likeness (QED) is 0.721. The van der Waals surface area contributed by atoms with E-state index in [9.17, 15) is 9.59 Å². The number of benzene rings is 2. The van der Waals surface area contributed by atoms with Crippen LogP contribution in [0.2, 0.25) is 0 Å². The number of carbonyl (C=O) groups is 2. The second-order valence-electron chi connectivity index (χ2n) is 7.22. The molecule has 0 aliphatic heterocycles. The fourth-order valence-electron chi connectivity index (χ4n) is 2.40. The first-order valence-corrected chi connectivity index (χ1v) is 9.30. The van der Waals surface area contributed by atoms with Gasteiger partial charge in [-0.2, -0.15) is 0 Å². The van der Waals surface area contributed by atoms with E-state index < -0.39 is 0 Å². The zero-order valence-corrected chi connectivity index (χ0v) is 16.4. The van der Waals surface area contributed by atoms with E-state index in [-0.39, 0.29) is 17.9 Å². The summed E-state index contributed by atoms with van der Waals surface area (Å²) in [7, 11) is 0. The van der Waals surface area contributed by atoms with Crippen LogP contribution in [0.4, 0.5) is 5.69 Å². The Morgan fingerprint density at radius 2 is 1.63 bits per heavy atom. The molecule has 0 saturated carbocycles. The van der Waals surface area contributed by atoms with Crippen molar-refractivity contribution in [3.05, 3.63) is 59.7 Å². The standard InChI is InChI=1S/C22H28N2O3/c1-15(2)12-13-27-20-10-8-17(9-11-20)21(25)24-19-7-5-6-18(14-19)22(26)23-16(3)4/h5-11,14-16H,12-13H2,1-4H3,(H,23,26)(H,24,25). The van der Waals surface area contributed by atoms with Crippen molar-refractivity contribution in [3.63, 3.8) is 0 Å². The Morgan fingerprint density at radius 1 is 0.926 bits per heavy atom. The molecule has 2 N–H and O–H groups in total. The molecule has 27 heavy (non-hydrogen) atoms. The van der Waals surface area contributed by atoms with Gasteiger partial charge in [0, 0.05) is 22.9 Å². The molecule has 144 valence electrons. The fraction of sp³-hybridized carbons (Fsp3) is 0.364. The summed E-state index contributed by atoms with van der Waals surface area (Å²) in [5.41, 5.74) is 1.62. The van der Waals surface area contributed by atoms with Crippen LogP contribution in [0, 0.1) is 5.92 Å². The molecule has 5 heteroatoms. The lowest BCUT2D eigenvalue weighted by Crippen LogP contribution is -2.30. The minimum atomic E-state index is -0.231. The van der Waals surface area contributed by atoms with Crippen molar-refractivity contribution in [1.29, 1.82) is 0 Å². The highest BCUT2D eigenvalue weighted by molar-refractivity contribution is 6.05. The molecule has 0 spiro atoms. The van der Waals surface area contributed by atoms with Crippen molar-refractivity contribution in [3.8, 4) is 5.75 Å². The fourth-order valence-corrected chi connectivity index (χ4v) is 2.40. The lowest BCUT2D eigenvalue weighted by Gasteiger charge is -2.11. The summed E-state index contributed by atoms with van der Waals surface area (Å²) in [5.74, 6) is 0.946. The third-order valence-corrected chi connectivity index (χ3v) is 3.88. The number of rotatable bonds is 8. The molecule has 0 bridgehead atoms.